The Balaban J connectivity index is 1.72. The number of aryl methyl sites for hydroxylation is 1. The Morgan fingerprint density at radius 2 is 1.96 bits per heavy atom. The van der Waals surface area contributed by atoms with Crippen LogP contribution in [-0.2, 0) is 11.3 Å². The second-order valence-electron chi connectivity index (χ2n) is 5.74. The van der Waals surface area contributed by atoms with Crippen molar-refractivity contribution in [3.8, 4) is 11.4 Å². The van der Waals surface area contributed by atoms with Gasteiger partial charge in [0, 0.05) is 18.3 Å². The van der Waals surface area contributed by atoms with Gasteiger partial charge in [-0.3, -0.25) is 4.79 Å². The molecule has 2 heterocycles. The molecule has 0 fully saturated rings. The molecule has 140 valence electrons. The number of hydrogen-bond acceptors (Lipinski definition) is 5. The molecule has 6 nitrogen and oxygen atoms in total. The van der Waals surface area contributed by atoms with E-state index in [4.69, 9.17) is 0 Å². The van der Waals surface area contributed by atoms with E-state index in [1.54, 1.807) is 4.57 Å². The lowest BCUT2D eigenvalue weighted by molar-refractivity contribution is -0.113. The van der Waals surface area contributed by atoms with E-state index in [1.807, 2.05) is 38.1 Å². The third kappa shape index (κ3) is 4.48. The minimum atomic E-state index is -0.802. The molecule has 3 rings (SSSR count). The first kappa shape index (κ1) is 19.0. The predicted molar refractivity (Wildman–Crippen MR) is 99.4 cm³/mol. The van der Waals surface area contributed by atoms with Crippen LogP contribution in [0.25, 0.3) is 11.4 Å². The van der Waals surface area contributed by atoms with Crippen molar-refractivity contribution >= 4 is 23.4 Å². The van der Waals surface area contributed by atoms with Gasteiger partial charge in [0.15, 0.2) is 16.8 Å². The van der Waals surface area contributed by atoms with Crippen molar-refractivity contribution in [1.82, 2.24) is 19.7 Å². The van der Waals surface area contributed by atoms with Crippen molar-refractivity contribution in [2.24, 2.45) is 0 Å². The molecule has 3 aromatic rings. The fourth-order valence-electron chi connectivity index (χ4n) is 2.43. The smallest absolute Gasteiger partial charge is 0.234 e. The van der Waals surface area contributed by atoms with E-state index < -0.39 is 11.8 Å². The maximum Gasteiger partial charge on any atom is 0.234 e. The van der Waals surface area contributed by atoms with E-state index in [2.05, 4.69) is 20.5 Å². The molecule has 2 aromatic heterocycles. The van der Waals surface area contributed by atoms with Gasteiger partial charge in [-0.25, -0.2) is 9.37 Å². The van der Waals surface area contributed by atoms with Gasteiger partial charge in [0.25, 0.3) is 0 Å². The van der Waals surface area contributed by atoms with Gasteiger partial charge in [0.05, 0.1) is 17.5 Å². The molecular formula is C18H17F2N5OS. The van der Waals surface area contributed by atoms with Crippen LogP contribution in [0.15, 0.2) is 41.7 Å². The normalized spacial score (nSPS) is 10.8. The summed E-state index contributed by atoms with van der Waals surface area (Å²) < 4.78 is 29.0. The van der Waals surface area contributed by atoms with Crippen LogP contribution in [0.2, 0.25) is 0 Å². The lowest BCUT2D eigenvalue weighted by Gasteiger charge is -2.08. The number of nitrogens with zero attached hydrogens (tertiary/aromatic N) is 4. The third-order valence-corrected chi connectivity index (χ3v) is 4.73. The van der Waals surface area contributed by atoms with E-state index >= 15 is 0 Å². The van der Waals surface area contributed by atoms with Gasteiger partial charge in [-0.1, -0.05) is 29.5 Å². The Bertz CT molecular complexity index is 959. The molecule has 1 aromatic carbocycles. The number of aromatic nitrogens is 4. The molecule has 1 N–H and O–H groups in total. The second kappa shape index (κ2) is 8.26. The maximum atomic E-state index is 14.0. The highest BCUT2D eigenvalue weighted by Crippen LogP contribution is 2.26. The van der Waals surface area contributed by atoms with Gasteiger partial charge in [-0.05, 0) is 26.0 Å². The van der Waals surface area contributed by atoms with Crippen molar-refractivity contribution in [3.05, 3.63) is 53.9 Å². The zero-order chi connectivity index (χ0) is 19.4. The van der Waals surface area contributed by atoms with Crippen LogP contribution in [0.5, 0.6) is 0 Å². The molecule has 9 heteroatoms. The van der Waals surface area contributed by atoms with Gasteiger partial charge < -0.3 is 9.88 Å². The molecule has 0 unspecified atom stereocenters. The third-order valence-electron chi connectivity index (χ3n) is 3.76. The van der Waals surface area contributed by atoms with Crippen molar-refractivity contribution in [1.29, 1.82) is 0 Å². The van der Waals surface area contributed by atoms with Gasteiger partial charge in [0.2, 0.25) is 11.9 Å². The summed E-state index contributed by atoms with van der Waals surface area (Å²) in [6.07, 6.45) is 0.807. The number of rotatable bonds is 6. The number of hydrogen-bond donors (Lipinski definition) is 1. The highest BCUT2D eigenvalue weighted by molar-refractivity contribution is 7.99. The van der Waals surface area contributed by atoms with Crippen molar-refractivity contribution < 1.29 is 13.6 Å². The number of benzene rings is 1. The van der Waals surface area contributed by atoms with Crippen LogP contribution < -0.4 is 5.32 Å². The average Bonchev–Trinajstić information content (AvgIpc) is 3.06. The summed E-state index contributed by atoms with van der Waals surface area (Å²) in [5, 5.41) is 11.2. The number of carbonyl (C=O) groups excluding carboxylic acids is 1. The molecule has 0 saturated heterocycles. The summed E-state index contributed by atoms with van der Waals surface area (Å²) in [5.41, 5.74) is 1.79. The molecule has 0 bridgehead atoms. The number of halogens is 2. The molecular weight excluding hydrogens is 372 g/mol. The maximum absolute atomic E-state index is 14.0. The Morgan fingerprint density at radius 1 is 1.22 bits per heavy atom. The number of thioether (sulfide) groups is 1. The quantitative estimate of drug-likeness (QED) is 0.514. The monoisotopic (exact) mass is 389 g/mol. The molecule has 0 atom stereocenters. The van der Waals surface area contributed by atoms with Crippen LogP contribution in [0.3, 0.4) is 0 Å². The van der Waals surface area contributed by atoms with Crippen LogP contribution in [0, 0.1) is 18.7 Å². The number of pyridine rings is 1. The Labute approximate surface area is 159 Å². The molecule has 27 heavy (non-hydrogen) atoms. The number of anilines is 1. The Hall–Kier alpha value is -2.81. The van der Waals surface area contributed by atoms with Crippen LogP contribution in [0.4, 0.5) is 14.5 Å². The topological polar surface area (TPSA) is 72.7 Å². The van der Waals surface area contributed by atoms with Crippen LogP contribution >= 0.6 is 11.8 Å². The largest absolute Gasteiger partial charge is 0.325 e. The SMILES string of the molecule is CCn1c(SCC(=O)Nc2ccc(C)cc2)nnc1-c1cc(F)ncc1F. The van der Waals surface area contributed by atoms with Gasteiger partial charge >= 0.3 is 0 Å². The molecule has 0 aliphatic heterocycles. The Morgan fingerprint density at radius 3 is 2.67 bits per heavy atom. The zero-order valence-electron chi connectivity index (χ0n) is 14.7. The summed E-state index contributed by atoms with van der Waals surface area (Å²) >= 11 is 1.17. The van der Waals surface area contributed by atoms with Crippen molar-refractivity contribution in [2.45, 2.75) is 25.5 Å². The first-order valence-corrected chi connectivity index (χ1v) is 9.20. The zero-order valence-corrected chi connectivity index (χ0v) is 15.6. The minimum Gasteiger partial charge on any atom is -0.325 e. The summed E-state index contributed by atoms with van der Waals surface area (Å²) in [6.45, 7) is 4.24. The van der Waals surface area contributed by atoms with E-state index in [0.717, 1.165) is 17.8 Å². The molecule has 0 spiro atoms. The molecule has 0 aliphatic rings. The highest BCUT2D eigenvalue weighted by Gasteiger charge is 2.18. The van der Waals surface area contributed by atoms with E-state index in [-0.39, 0.29) is 23.0 Å². The lowest BCUT2D eigenvalue weighted by atomic mass is 10.2. The average molecular weight is 389 g/mol. The van der Waals surface area contributed by atoms with Crippen LogP contribution in [0.1, 0.15) is 12.5 Å². The minimum absolute atomic E-state index is 0.0205. The molecule has 1 amide bonds. The van der Waals surface area contributed by atoms with E-state index in [1.165, 1.54) is 11.8 Å². The first-order chi connectivity index (χ1) is 13.0. The number of carbonyl (C=O) groups is 1. The van der Waals surface area contributed by atoms with E-state index in [9.17, 15) is 13.6 Å². The first-order valence-electron chi connectivity index (χ1n) is 8.22. The standard InChI is InChI=1S/C18H17F2N5OS/c1-3-25-17(13-8-15(20)21-9-14(13)19)23-24-18(25)27-10-16(26)22-12-6-4-11(2)5-7-12/h4-9H,3,10H2,1-2H3,(H,22,26). The van der Waals surface area contributed by atoms with Gasteiger partial charge in [-0.15, -0.1) is 10.2 Å². The summed E-state index contributed by atoms with van der Waals surface area (Å²) in [7, 11) is 0. The number of nitrogens with one attached hydrogen (secondary N) is 1. The van der Waals surface area contributed by atoms with Crippen LogP contribution in [-0.4, -0.2) is 31.4 Å². The van der Waals surface area contributed by atoms with Crippen molar-refractivity contribution in [2.75, 3.05) is 11.1 Å². The number of amides is 1. The van der Waals surface area contributed by atoms with Gasteiger partial charge in [-0.2, -0.15) is 4.39 Å². The van der Waals surface area contributed by atoms with Crippen molar-refractivity contribution in [3.63, 3.8) is 0 Å². The van der Waals surface area contributed by atoms with E-state index in [0.29, 0.717) is 17.4 Å². The predicted octanol–water partition coefficient (Wildman–Crippen LogP) is 3.68. The molecule has 0 saturated carbocycles. The fraction of sp³-hybridized carbons (Fsp3) is 0.222. The summed E-state index contributed by atoms with van der Waals surface area (Å²) in [6, 6.07) is 8.44. The molecule has 0 radical (unpaired) electrons. The lowest BCUT2D eigenvalue weighted by Crippen LogP contribution is -2.14. The Kier molecular flexibility index (Phi) is 5.80. The second-order valence-corrected chi connectivity index (χ2v) is 6.68. The van der Waals surface area contributed by atoms with Gasteiger partial charge in [0.1, 0.15) is 0 Å². The highest BCUT2D eigenvalue weighted by atomic mass is 32.2. The summed E-state index contributed by atoms with van der Waals surface area (Å²) in [5.74, 6) is -1.38. The summed E-state index contributed by atoms with van der Waals surface area (Å²) in [4.78, 5) is 15.4. The fourth-order valence-corrected chi connectivity index (χ4v) is 3.23. The molecule has 0 aliphatic carbocycles.